The monoisotopic (exact) mass is 163 g/mol. The Labute approximate surface area is 77.4 Å². The lowest BCUT2D eigenvalue weighted by molar-refractivity contribution is 0.587. The fraction of sp³-hybridized carbons (Fsp3) is 0.700. The number of allylic oxidation sites excluding steroid dienone is 2. The minimum absolute atomic E-state index is 0.00306. The number of aliphatic imine (C=N–C) groups is 1. The summed E-state index contributed by atoms with van der Waals surface area (Å²) in [6.45, 7) is 10.1. The van der Waals surface area contributed by atoms with E-state index in [1.165, 1.54) is 0 Å². The lowest BCUT2D eigenvalue weighted by atomic mass is 9.72. The van der Waals surface area contributed by atoms with Gasteiger partial charge >= 0.3 is 0 Å². The first-order valence-electron chi connectivity index (χ1n) is 4.23. The molecule has 0 unspecified atom stereocenters. The molecule has 0 atom stereocenters. The van der Waals surface area contributed by atoms with E-state index in [2.05, 4.69) is 25.8 Å². The van der Waals surface area contributed by atoms with Crippen LogP contribution in [-0.4, -0.2) is 19.6 Å². The minimum atomic E-state index is -0.246. The lowest BCUT2D eigenvalue weighted by Crippen LogP contribution is -2.08. The van der Waals surface area contributed by atoms with Crippen LogP contribution in [0.15, 0.2) is 17.1 Å². The predicted molar refractivity (Wildman–Crippen MR) is 57.2 cm³/mol. The smallest absolute Gasteiger partial charge is 0.0794 e. The van der Waals surface area contributed by atoms with E-state index in [0.717, 1.165) is 0 Å². The molecule has 0 aromatic carbocycles. The summed E-state index contributed by atoms with van der Waals surface area (Å²) in [5, 5.41) is -0.246. The van der Waals surface area contributed by atoms with E-state index >= 15 is 0 Å². The molecular weight excluding hydrogens is 145 g/mol. The van der Waals surface area contributed by atoms with Gasteiger partial charge in [0.15, 0.2) is 0 Å². The molecule has 1 nitrogen and oxygen atoms in total. The summed E-state index contributed by atoms with van der Waals surface area (Å²) >= 11 is 0. The molecule has 2 heteroatoms. The Balaban J connectivity index is 4.00. The van der Waals surface area contributed by atoms with Gasteiger partial charge in [-0.15, -0.1) is 0 Å². The van der Waals surface area contributed by atoms with Crippen LogP contribution < -0.4 is 0 Å². The van der Waals surface area contributed by atoms with Gasteiger partial charge in [0, 0.05) is 6.21 Å². The van der Waals surface area contributed by atoms with Crippen molar-refractivity contribution in [3.05, 3.63) is 12.2 Å². The van der Waals surface area contributed by atoms with Crippen LogP contribution in [0.2, 0.25) is 5.31 Å². The van der Waals surface area contributed by atoms with Gasteiger partial charge < -0.3 is 0 Å². The van der Waals surface area contributed by atoms with Crippen LogP contribution in [0, 0.1) is 0 Å². The average molecular weight is 163 g/mol. The van der Waals surface area contributed by atoms with Crippen LogP contribution in [0.25, 0.3) is 0 Å². The third kappa shape index (κ3) is 9.47. The van der Waals surface area contributed by atoms with E-state index in [1.54, 1.807) is 6.21 Å². The molecule has 0 aliphatic rings. The minimum Gasteiger partial charge on any atom is -0.287 e. The Morgan fingerprint density at radius 3 is 1.92 bits per heavy atom. The van der Waals surface area contributed by atoms with Crippen LogP contribution in [0.1, 0.15) is 34.6 Å². The predicted octanol–water partition coefficient (Wildman–Crippen LogP) is 2.78. The summed E-state index contributed by atoms with van der Waals surface area (Å²) in [5.41, 5.74) is 0.00306. The summed E-state index contributed by atoms with van der Waals surface area (Å²) in [4.78, 5) is 4.29. The number of hydrogen-bond acceptors (Lipinski definition) is 1. The van der Waals surface area contributed by atoms with Crippen molar-refractivity contribution in [3.8, 4) is 0 Å². The molecule has 0 aliphatic carbocycles. The Hall–Kier alpha value is -0.525. The Kier molecular flexibility index (Phi) is 3.76. The molecule has 0 saturated heterocycles. The molecule has 0 aromatic rings. The molecule has 0 spiro atoms. The van der Waals surface area contributed by atoms with E-state index in [1.807, 2.05) is 26.0 Å². The van der Waals surface area contributed by atoms with E-state index in [4.69, 9.17) is 7.85 Å². The van der Waals surface area contributed by atoms with Gasteiger partial charge in [-0.05, 0) is 26.8 Å². The maximum Gasteiger partial charge on any atom is 0.0794 e. The molecule has 0 saturated carbocycles. The van der Waals surface area contributed by atoms with Gasteiger partial charge in [0.1, 0.15) is 0 Å². The molecule has 66 valence electrons. The second kappa shape index (κ2) is 3.93. The molecule has 0 N–H and O–H groups in total. The zero-order valence-electron chi connectivity index (χ0n) is 8.76. The highest BCUT2D eigenvalue weighted by molar-refractivity contribution is 6.16. The molecule has 0 rings (SSSR count). The van der Waals surface area contributed by atoms with Crippen molar-refractivity contribution < 1.29 is 0 Å². The zero-order chi connectivity index (χ0) is 9.83. The highest BCUT2D eigenvalue weighted by Gasteiger charge is 2.04. The van der Waals surface area contributed by atoms with Crippen molar-refractivity contribution in [2.75, 3.05) is 0 Å². The molecule has 12 heavy (non-hydrogen) atoms. The van der Waals surface area contributed by atoms with Crippen LogP contribution in [0.5, 0.6) is 0 Å². The second-order valence-electron chi connectivity index (χ2n) is 4.63. The van der Waals surface area contributed by atoms with Gasteiger partial charge in [0.2, 0.25) is 0 Å². The molecule has 2 radical (unpaired) electrons. The molecule has 0 heterocycles. The molecule has 0 amide bonds. The van der Waals surface area contributed by atoms with Crippen molar-refractivity contribution in [3.63, 3.8) is 0 Å². The Bertz CT molecular complexity index is 157. The highest BCUT2D eigenvalue weighted by atomic mass is 14.8. The fourth-order valence-electron chi connectivity index (χ4n) is 0.558. The number of hydrogen-bond donors (Lipinski definition) is 0. The molecule has 0 aliphatic heterocycles. The first kappa shape index (κ1) is 11.5. The molecule has 0 fully saturated rings. The summed E-state index contributed by atoms with van der Waals surface area (Å²) in [5.74, 6) is 0. The van der Waals surface area contributed by atoms with Crippen LogP contribution in [-0.2, 0) is 0 Å². The molecule has 0 bridgehead atoms. The molecular formula is C10H18BN. The third-order valence-corrected chi connectivity index (χ3v) is 1.07. The first-order valence-corrected chi connectivity index (χ1v) is 4.23. The van der Waals surface area contributed by atoms with Gasteiger partial charge in [0.25, 0.3) is 0 Å². The fourth-order valence-corrected chi connectivity index (χ4v) is 0.558. The third-order valence-electron chi connectivity index (χ3n) is 1.07. The van der Waals surface area contributed by atoms with Gasteiger partial charge in [-0.1, -0.05) is 25.2 Å². The van der Waals surface area contributed by atoms with Crippen LogP contribution in [0.3, 0.4) is 0 Å². The summed E-state index contributed by atoms with van der Waals surface area (Å²) in [6.07, 6.45) is 5.63. The lowest BCUT2D eigenvalue weighted by Gasteiger charge is -2.12. The average Bonchev–Trinajstić information content (AvgIpc) is 1.76. The van der Waals surface area contributed by atoms with Crippen LogP contribution in [0.4, 0.5) is 0 Å². The topological polar surface area (TPSA) is 12.4 Å². The van der Waals surface area contributed by atoms with Gasteiger partial charge in [-0.25, -0.2) is 0 Å². The van der Waals surface area contributed by atoms with E-state index < -0.39 is 0 Å². The first-order chi connectivity index (χ1) is 5.21. The van der Waals surface area contributed by atoms with Crippen molar-refractivity contribution >= 4 is 14.1 Å². The maximum atomic E-state index is 5.74. The largest absolute Gasteiger partial charge is 0.287 e. The zero-order valence-corrected chi connectivity index (χ0v) is 8.76. The van der Waals surface area contributed by atoms with Crippen molar-refractivity contribution in [2.45, 2.75) is 45.5 Å². The summed E-state index contributed by atoms with van der Waals surface area (Å²) < 4.78 is 0. The number of nitrogens with zero attached hydrogens (tertiary/aromatic N) is 1. The van der Waals surface area contributed by atoms with Crippen LogP contribution >= 0.6 is 0 Å². The highest BCUT2D eigenvalue weighted by Crippen LogP contribution is 2.18. The van der Waals surface area contributed by atoms with E-state index in [0.29, 0.717) is 0 Å². The summed E-state index contributed by atoms with van der Waals surface area (Å²) in [7, 11) is 5.74. The second-order valence-corrected chi connectivity index (χ2v) is 4.63. The van der Waals surface area contributed by atoms with Crippen molar-refractivity contribution in [2.24, 2.45) is 4.99 Å². The van der Waals surface area contributed by atoms with E-state index in [-0.39, 0.29) is 10.9 Å². The standard InChI is InChI=1S/C10H18BN/c1-9(2,3)12-8-6-7-10(4,5)11/h6-8H,1-5H3/b7-6-,12-8?. The Morgan fingerprint density at radius 1 is 1.08 bits per heavy atom. The van der Waals surface area contributed by atoms with Crippen molar-refractivity contribution in [1.29, 1.82) is 0 Å². The summed E-state index contributed by atoms with van der Waals surface area (Å²) in [6, 6.07) is 0. The number of rotatable bonds is 2. The van der Waals surface area contributed by atoms with Crippen molar-refractivity contribution in [1.82, 2.24) is 0 Å². The SMILES string of the molecule is [B]C(C)(C)/C=C\C=NC(C)(C)C. The normalized spacial score (nSPS) is 14.8. The van der Waals surface area contributed by atoms with Gasteiger partial charge in [0.05, 0.1) is 13.4 Å². The quantitative estimate of drug-likeness (QED) is 0.438. The van der Waals surface area contributed by atoms with Gasteiger partial charge in [-0.3, -0.25) is 4.99 Å². The Morgan fingerprint density at radius 2 is 1.58 bits per heavy atom. The van der Waals surface area contributed by atoms with Gasteiger partial charge in [-0.2, -0.15) is 0 Å². The van der Waals surface area contributed by atoms with E-state index in [9.17, 15) is 0 Å². The molecule has 0 aromatic heterocycles. The maximum absolute atomic E-state index is 5.74.